The van der Waals surface area contributed by atoms with Crippen molar-refractivity contribution < 1.29 is 14.3 Å². The van der Waals surface area contributed by atoms with E-state index in [2.05, 4.69) is 198 Å². The zero-order valence-electron chi connectivity index (χ0n) is 39.0. The maximum Gasteiger partial charge on any atom is 0.391 e. The molecule has 2 N–H and O–H groups in total. The van der Waals surface area contributed by atoms with Gasteiger partial charge in [0.2, 0.25) is 0 Å². The lowest BCUT2D eigenvalue weighted by atomic mass is 9.72. The standard InChI is InChI=1S/C52H72NO3P/c1-47(2,3)33-23-31-25-39(49(7,8)9)37(29-35(31)41(27-33)51(13,14)15)45-43(53(19)20)21-22-44(56-57(54)55)46(45)38-30-36-32(26-40(38)50(10,11)12)24-34(48(4,5)6)28-42(36)52(16,17)18/h21-30,54-55H,1-20H3. The number of hydrogen-bond donors (Lipinski definition) is 2. The molecule has 0 saturated carbocycles. The average molecular weight is 790 g/mol. The molecule has 0 heterocycles. The van der Waals surface area contributed by atoms with Gasteiger partial charge < -0.3 is 19.2 Å². The summed E-state index contributed by atoms with van der Waals surface area (Å²) in [7, 11) is 1.48. The van der Waals surface area contributed by atoms with Crippen LogP contribution in [0.1, 0.15) is 158 Å². The van der Waals surface area contributed by atoms with E-state index in [9.17, 15) is 9.79 Å². The monoisotopic (exact) mass is 790 g/mol. The highest BCUT2D eigenvalue weighted by Crippen LogP contribution is 2.54. The number of nitrogens with zero attached hydrogens (tertiary/aromatic N) is 1. The van der Waals surface area contributed by atoms with E-state index in [0.717, 1.165) is 27.9 Å². The van der Waals surface area contributed by atoms with Crippen LogP contribution in [-0.4, -0.2) is 23.9 Å². The molecule has 0 aliphatic heterocycles. The third-order valence-corrected chi connectivity index (χ3v) is 11.9. The molecule has 0 aliphatic rings. The molecule has 0 bridgehead atoms. The van der Waals surface area contributed by atoms with Crippen LogP contribution in [0.25, 0.3) is 43.8 Å². The smallest absolute Gasteiger partial charge is 0.391 e. The van der Waals surface area contributed by atoms with E-state index in [1.807, 2.05) is 6.07 Å². The quantitative estimate of drug-likeness (QED) is 0.174. The fourth-order valence-electron chi connectivity index (χ4n) is 8.23. The Morgan fingerprint density at radius 2 is 0.807 bits per heavy atom. The van der Waals surface area contributed by atoms with E-state index in [1.54, 1.807) is 0 Å². The van der Waals surface area contributed by atoms with E-state index in [-0.39, 0.29) is 32.5 Å². The molecule has 5 aromatic carbocycles. The van der Waals surface area contributed by atoms with Gasteiger partial charge in [0.25, 0.3) is 0 Å². The summed E-state index contributed by atoms with van der Waals surface area (Å²) in [6.07, 6.45) is 0. The second kappa shape index (κ2) is 14.7. The van der Waals surface area contributed by atoms with Gasteiger partial charge in [-0.2, -0.15) is 0 Å². The molecule has 0 unspecified atom stereocenters. The van der Waals surface area contributed by atoms with Crippen LogP contribution in [0.15, 0.2) is 60.7 Å². The van der Waals surface area contributed by atoms with Crippen LogP contribution in [0, 0.1) is 0 Å². The van der Waals surface area contributed by atoms with Crippen molar-refractivity contribution in [1.82, 2.24) is 0 Å². The lowest BCUT2D eigenvalue weighted by molar-refractivity contribution is 0.375. The van der Waals surface area contributed by atoms with Crippen LogP contribution in [0.3, 0.4) is 0 Å². The van der Waals surface area contributed by atoms with Crippen molar-refractivity contribution in [3.8, 4) is 28.0 Å². The number of hydrogen-bond acceptors (Lipinski definition) is 4. The van der Waals surface area contributed by atoms with Gasteiger partial charge in [0.05, 0.1) is 0 Å². The van der Waals surface area contributed by atoms with E-state index >= 15 is 0 Å². The molecule has 0 aliphatic carbocycles. The van der Waals surface area contributed by atoms with E-state index < -0.39 is 8.60 Å². The topological polar surface area (TPSA) is 52.9 Å². The summed E-state index contributed by atoms with van der Waals surface area (Å²) in [6.45, 7) is 41.3. The molecular weight excluding hydrogens is 718 g/mol. The summed E-state index contributed by atoms with van der Waals surface area (Å²) >= 11 is 0. The van der Waals surface area contributed by atoms with Crippen LogP contribution >= 0.6 is 8.60 Å². The molecule has 57 heavy (non-hydrogen) atoms. The zero-order valence-corrected chi connectivity index (χ0v) is 39.9. The highest BCUT2D eigenvalue weighted by molar-refractivity contribution is 7.39. The first kappa shape index (κ1) is 44.7. The molecule has 5 heteroatoms. The Kier molecular flexibility index (Phi) is 11.5. The summed E-state index contributed by atoms with van der Waals surface area (Å²) in [6, 6.07) is 23.2. The maximum atomic E-state index is 10.6. The predicted molar refractivity (Wildman–Crippen MR) is 251 cm³/mol. The number of benzene rings is 5. The zero-order chi connectivity index (χ0) is 43.2. The second-order valence-corrected chi connectivity index (χ2v) is 23.5. The summed E-state index contributed by atoms with van der Waals surface area (Å²) in [4.78, 5) is 23.4. The molecule has 0 aromatic heterocycles. The summed E-state index contributed by atoms with van der Waals surface area (Å²) in [5.41, 5.74) is 11.9. The van der Waals surface area contributed by atoms with Gasteiger partial charge in [0.15, 0.2) is 0 Å². The van der Waals surface area contributed by atoms with Gasteiger partial charge in [-0.15, -0.1) is 0 Å². The minimum Gasteiger partial charge on any atom is -0.426 e. The molecule has 5 rings (SSSR count). The Hall–Kier alpha value is -3.43. The Bertz CT molecular complexity index is 2320. The summed E-state index contributed by atoms with van der Waals surface area (Å²) in [5, 5.41) is 4.87. The molecule has 0 spiro atoms. The molecule has 4 nitrogen and oxygen atoms in total. The number of fused-ring (bicyclic) bond motifs is 2. The Morgan fingerprint density at radius 3 is 1.12 bits per heavy atom. The molecular formula is C52H72NO3P. The first-order chi connectivity index (χ1) is 25.7. The lowest BCUT2D eigenvalue weighted by Crippen LogP contribution is -2.19. The minimum atomic E-state index is -2.71. The lowest BCUT2D eigenvalue weighted by Gasteiger charge is -2.33. The van der Waals surface area contributed by atoms with Crippen molar-refractivity contribution >= 4 is 35.8 Å². The molecule has 5 aromatic rings. The van der Waals surface area contributed by atoms with Crippen LogP contribution in [-0.2, 0) is 32.5 Å². The van der Waals surface area contributed by atoms with Gasteiger partial charge in [0.1, 0.15) is 5.75 Å². The van der Waals surface area contributed by atoms with Gasteiger partial charge in [-0.05, 0) is 135 Å². The van der Waals surface area contributed by atoms with Crippen molar-refractivity contribution in [1.29, 1.82) is 0 Å². The van der Waals surface area contributed by atoms with E-state index in [1.165, 1.54) is 54.9 Å². The molecule has 0 amide bonds. The van der Waals surface area contributed by atoms with Gasteiger partial charge >= 0.3 is 8.60 Å². The number of anilines is 1. The van der Waals surface area contributed by atoms with Crippen molar-refractivity contribution in [3.63, 3.8) is 0 Å². The van der Waals surface area contributed by atoms with Gasteiger partial charge in [-0.3, -0.25) is 0 Å². The average Bonchev–Trinajstić information content (AvgIpc) is 3.02. The van der Waals surface area contributed by atoms with Crippen molar-refractivity contribution in [2.75, 3.05) is 19.0 Å². The van der Waals surface area contributed by atoms with Crippen LogP contribution in [0.2, 0.25) is 0 Å². The van der Waals surface area contributed by atoms with Gasteiger partial charge in [0, 0.05) is 30.9 Å². The third-order valence-electron chi connectivity index (χ3n) is 11.5. The highest BCUT2D eigenvalue weighted by atomic mass is 31.2. The number of rotatable bonds is 5. The maximum absolute atomic E-state index is 10.6. The fourth-order valence-corrected chi connectivity index (χ4v) is 8.56. The summed E-state index contributed by atoms with van der Waals surface area (Å²) in [5.74, 6) is 0.458. The van der Waals surface area contributed by atoms with Crippen molar-refractivity contribution in [2.45, 2.75) is 157 Å². The third kappa shape index (κ3) is 9.10. The van der Waals surface area contributed by atoms with Gasteiger partial charge in [-0.25, -0.2) is 0 Å². The molecule has 0 atom stereocenters. The Balaban J connectivity index is 2.13. The van der Waals surface area contributed by atoms with Crippen molar-refractivity contribution in [3.05, 3.63) is 94.0 Å². The molecule has 0 saturated heterocycles. The van der Waals surface area contributed by atoms with Crippen molar-refractivity contribution in [2.24, 2.45) is 0 Å². The molecule has 308 valence electrons. The van der Waals surface area contributed by atoms with Crippen LogP contribution < -0.4 is 9.42 Å². The SMILES string of the molecule is CN(C)c1ccc(OP(O)O)c(-c2cc3c(C(C)(C)C)cc(C(C)(C)C)cc3cc2C(C)(C)C)c1-c1cc2c(C(C)(C)C)cc(C(C)(C)C)cc2cc1C(C)(C)C. The molecule has 0 radical (unpaired) electrons. The highest BCUT2D eigenvalue weighted by Gasteiger charge is 2.33. The predicted octanol–water partition coefficient (Wildman–Crippen LogP) is 14.8. The Labute approximate surface area is 347 Å². The van der Waals surface area contributed by atoms with Gasteiger partial charge in [-0.1, -0.05) is 149 Å². The minimum absolute atomic E-state index is 0.0162. The largest absolute Gasteiger partial charge is 0.426 e. The van der Waals surface area contributed by atoms with E-state index in [4.69, 9.17) is 4.52 Å². The Morgan fingerprint density at radius 1 is 0.439 bits per heavy atom. The summed E-state index contributed by atoms with van der Waals surface area (Å²) < 4.78 is 6.14. The fraction of sp³-hybridized carbons (Fsp3) is 0.500. The first-order valence-corrected chi connectivity index (χ1v) is 21.8. The first-order valence-electron chi connectivity index (χ1n) is 20.7. The van der Waals surface area contributed by atoms with Crippen LogP contribution in [0.4, 0.5) is 5.69 Å². The van der Waals surface area contributed by atoms with Crippen LogP contribution in [0.5, 0.6) is 5.75 Å². The normalized spacial score (nSPS) is 13.6. The molecule has 0 fully saturated rings. The van der Waals surface area contributed by atoms with E-state index in [0.29, 0.717) is 5.75 Å². The second-order valence-electron chi connectivity index (χ2n) is 22.9.